The van der Waals surface area contributed by atoms with Gasteiger partial charge in [-0.2, -0.15) is 0 Å². The van der Waals surface area contributed by atoms with Crippen molar-refractivity contribution >= 4 is 28.2 Å². The number of hydrogen-bond donors (Lipinski definition) is 1. The third-order valence-electron chi connectivity index (χ3n) is 3.18. The lowest BCUT2D eigenvalue weighted by Gasteiger charge is -2.10. The Bertz CT molecular complexity index is 750. The SMILES string of the molecule is Cc1cnc(Cl)c(NCc2ccnc3ccccc23)c1. The first-order valence-corrected chi connectivity index (χ1v) is 6.80. The van der Waals surface area contributed by atoms with Crippen LogP contribution in [-0.2, 0) is 6.54 Å². The number of aromatic nitrogens is 2. The van der Waals surface area contributed by atoms with Crippen LogP contribution in [-0.4, -0.2) is 9.97 Å². The van der Waals surface area contributed by atoms with Gasteiger partial charge >= 0.3 is 0 Å². The van der Waals surface area contributed by atoms with E-state index in [1.165, 1.54) is 5.56 Å². The molecule has 20 heavy (non-hydrogen) atoms. The van der Waals surface area contributed by atoms with E-state index in [4.69, 9.17) is 11.6 Å². The van der Waals surface area contributed by atoms with Gasteiger partial charge < -0.3 is 5.32 Å². The quantitative estimate of drug-likeness (QED) is 0.732. The Labute approximate surface area is 122 Å². The number of nitrogens with one attached hydrogen (secondary N) is 1. The second-order valence-electron chi connectivity index (χ2n) is 4.69. The number of pyridine rings is 2. The smallest absolute Gasteiger partial charge is 0.152 e. The van der Waals surface area contributed by atoms with Crippen LogP contribution in [0.4, 0.5) is 5.69 Å². The summed E-state index contributed by atoms with van der Waals surface area (Å²) >= 11 is 6.09. The Balaban J connectivity index is 1.89. The molecule has 0 radical (unpaired) electrons. The third-order valence-corrected chi connectivity index (χ3v) is 3.49. The molecule has 0 aliphatic carbocycles. The van der Waals surface area contributed by atoms with Crippen molar-refractivity contribution in [2.75, 3.05) is 5.32 Å². The summed E-state index contributed by atoms with van der Waals surface area (Å²) in [6.45, 7) is 2.68. The molecule has 2 heterocycles. The Kier molecular flexibility index (Phi) is 3.52. The Morgan fingerprint density at radius 3 is 2.90 bits per heavy atom. The van der Waals surface area contributed by atoms with Gasteiger partial charge in [0.1, 0.15) is 0 Å². The minimum Gasteiger partial charge on any atom is -0.378 e. The molecule has 0 unspecified atom stereocenters. The van der Waals surface area contributed by atoms with Crippen molar-refractivity contribution in [2.24, 2.45) is 0 Å². The van der Waals surface area contributed by atoms with Crippen LogP contribution in [0.3, 0.4) is 0 Å². The van der Waals surface area contributed by atoms with Gasteiger partial charge in [-0.3, -0.25) is 4.98 Å². The van der Waals surface area contributed by atoms with Crippen molar-refractivity contribution in [3.63, 3.8) is 0 Å². The minimum absolute atomic E-state index is 0.494. The van der Waals surface area contributed by atoms with Gasteiger partial charge in [0, 0.05) is 24.3 Å². The monoisotopic (exact) mass is 283 g/mol. The van der Waals surface area contributed by atoms with Crippen LogP contribution in [0.1, 0.15) is 11.1 Å². The molecule has 3 aromatic rings. The summed E-state index contributed by atoms with van der Waals surface area (Å²) < 4.78 is 0. The molecule has 100 valence electrons. The second-order valence-corrected chi connectivity index (χ2v) is 5.05. The standard InChI is InChI=1S/C16H14ClN3/c1-11-8-15(16(17)20-9-11)19-10-12-6-7-18-14-5-3-2-4-13(12)14/h2-9,19H,10H2,1H3. The molecule has 0 spiro atoms. The number of para-hydroxylation sites is 1. The molecule has 0 fully saturated rings. The third kappa shape index (κ3) is 2.58. The summed E-state index contributed by atoms with van der Waals surface area (Å²) in [6.07, 6.45) is 3.59. The van der Waals surface area contributed by atoms with Crippen molar-refractivity contribution in [2.45, 2.75) is 13.5 Å². The molecule has 0 atom stereocenters. The van der Waals surface area contributed by atoms with E-state index >= 15 is 0 Å². The first-order chi connectivity index (χ1) is 9.74. The maximum Gasteiger partial charge on any atom is 0.152 e. The first-order valence-electron chi connectivity index (χ1n) is 6.43. The van der Waals surface area contributed by atoms with Crippen LogP contribution in [0.25, 0.3) is 10.9 Å². The summed E-state index contributed by atoms with van der Waals surface area (Å²) in [4.78, 5) is 8.51. The average Bonchev–Trinajstić information content (AvgIpc) is 2.48. The van der Waals surface area contributed by atoms with Crippen LogP contribution >= 0.6 is 11.6 Å². The normalized spacial score (nSPS) is 10.7. The first kappa shape index (κ1) is 12.9. The van der Waals surface area contributed by atoms with E-state index in [2.05, 4.69) is 21.4 Å². The maximum absolute atomic E-state index is 6.09. The highest BCUT2D eigenvalue weighted by Crippen LogP contribution is 2.22. The number of anilines is 1. The van der Waals surface area contributed by atoms with E-state index in [0.717, 1.165) is 22.2 Å². The van der Waals surface area contributed by atoms with E-state index in [-0.39, 0.29) is 0 Å². The van der Waals surface area contributed by atoms with Crippen LogP contribution in [0.15, 0.2) is 48.8 Å². The summed E-state index contributed by atoms with van der Waals surface area (Å²) in [7, 11) is 0. The van der Waals surface area contributed by atoms with Crippen molar-refractivity contribution < 1.29 is 0 Å². The van der Waals surface area contributed by atoms with Crippen molar-refractivity contribution in [1.82, 2.24) is 9.97 Å². The zero-order valence-electron chi connectivity index (χ0n) is 11.1. The van der Waals surface area contributed by atoms with Gasteiger partial charge in [-0.1, -0.05) is 29.8 Å². The second kappa shape index (κ2) is 5.47. The fraction of sp³-hybridized carbons (Fsp3) is 0.125. The van der Waals surface area contributed by atoms with Gasteiger partial charge in [-0.25, -0.2) is 4.98 Å². The van der Waals surface area contributed by atoms with Crippen LogP contribution in [0.2, 0.25) is 5.15 Å². The van der Waals surface area contributed by atoms with Crippen molar-refractivity contribution in [3.8, 4) is 0 Å². The lowest BCUT2D eigenvalue weighted by atomic mass is 10.1. The number of rotatable bonds is 3. The molecular formula is C16H14ClN3. The molecule has 0 aliphatic rings. The van der Waals surface area contributed by atoms with E-state index in [1.807, 2.05) is 43.5 Å². The lowest BCUT2D eigenvalue weighted by molar-refractivity contribution is 1.14. The molecule has 3 nitrogen and oxygen atoms in total. The summed E-state index contributed by atoms with van der Waals surface area (Å²) in [5, 5.41) is 4.99. The van der Waals surface area contributed by atoms with Crippen LogP contribution in [0, 0.1) is 6.92 Å². The highest BCUT2D eigenvalue weighted by atomic mass is 35.5. The highest BCUT2D eigenvalue weighted by Gasteiger charge is 2.04. The number of hydrogen-bond acceptors (Lipinski definition) is 3. The maximum atomic E-state index is 6.09. The number of fused-ring (bicyclic) bond motifs is 1. The largest absolute Gasteiger partial charge is 0.378 e. The fourth-order valence-electron chi connectivity index (χ4n) is 2.18. The predicted octanol–water partition coefficient (Wildman–Crippen LogP) is 4.20. The van der Waals surface area contributed by atoms with E-state index < -0.39 is 0 Å². The predicted molar refractivity (Wildman–Crippen MR) is 83.1 cm³/mol. The molecule has 2 aromatic heterocycles. The van der Waals surface area contributed by atoms with Gasteiger partial charge in [0.25, 0.3) is 0 Å². The van der Waals surface area contributed by atoms with Gasteiger partial charge in [0.05, 0.1) is 11.2 Å². The molecule has 3 rings (SSSR count). The average molecular weight is 284 g/mol. The summed E-state index contributed by atoms with van der Waals surface area (Å²) in [5.41, 5.74) is 4.12. The van der Waals surface area contributed by atoms with Gasteiger partial charge in [-0.05, 0) is 36.2 Å². The summed E-state index contributed by atoms with van der Waals surface area (Å²) in [5.74, 6) is 0. The van der Waals surface area contributed by atoms with E-state index in [1.54, 1.807) is 6.20 Å². The molecule has 0 saturated heterocycles. The number of benzene rings is 1. The molecule has 0 aliphatic heterocycles. The molecule has 1 N–H and O–H groups in total. The molecule has 0 saturated carbocycles. The summed E-state index contributed by atoms with van der Waals surface area (Å²) in [6, 6.07) is 12.1. The minimum atomic E-state index is 0.494. The van der Waals surface area contributed by atoms with Crippen molar-refractivity contribution in [1.29, 1.82) is 0 Å². The lowest BCUT2D eigenvalue weighted by Crippen LogP contribution is -2.02. The zero-order valence-corrected chi connectivity index (χ0v) is 11.9. The molecule has 1 aromatic carbocycles. The van der Waals surface area contributed by atoms with E-state index in [0.29, 0.717) is 11.7 Å². The Morgan fingerprint density at radius 2 is 2.00 bits per heavy atom. The van der Waals surface area contributed by atoms with Gasteiger partial charge in [-0.15, -0.1) is 0 Å². The zero-order chi connectivity index (χ0) is 13.9. The number of halogens is 1. The molecule has 0 amide bonds. The topological polar surface area (TPSA) is 37.8 Å². The Morgan fingerprint density at radius 1 is 1.15 bits per heavy atom. The molecular weight excluding hydrogens is 270 g/mol. The number of aryl methyl sites for hydroxylation is 1. The Hall–Kier alpha value is -2.13. The van der Waals surface area contributed by atoms with Gasteiger partial charge in [0.2, 0.25) is 0 Å². The van der Waals surface area contributed by atoms with Crippen LogP contribution in [0.5, 0.6) is 0 Å². The van der Waals surface area contributed by atoms with Crippen LogP contribution < -0.4 is 5.32 Å². The van der Waals surface area contributed by atoms with E-state index in [9.17, 15) is 0 Å². The van der Waals surface area contributed by atoms with Crippen molar-refractivity contribution in [3.05, 3.63) is 65.1 Å². The molecule has 4 heteroatoms. The highest BCUT2D eigenvalue weighted by molar-refractivity contribution is 6.31. The fourth-order valence-corrected chi connectivity index (χ4v) is 2.35. The van der Waals surface area contributed by atoms with Gasteiger partial charge in [0.15, 0.2) is 5.15 Å². The number of nitrogens with zero attached hydrogens (tertiary/aromatic N) is 2. The molecule has 0 bridgehead atoms.